The molecule has 0 spiro atoms. The summed E-state index contributed by atoms with van der Waals surface area (Å²) in [6.07, 6.45) is 1.18. The van der Waals surface area contributed by atoms with Crippen LogP contribution in [-0.2, 0) is 9.53 Å². The number of nitrogens with one attached hydrogen (secondary N) is 3. The Bertz CT molecular complexity index is 1020. The number of nitro groups is 1. The van der Waals surface area contributed by atoms with E-state index in [0.29, 0.717) is 36.4 Å². The van der Waals surface area contributed by atoms with E-state index in [4.69, 9.17) is 4.74 Å². The van der Waals surface area contributed by atoms with E-state index in [1.807, 2.05) is 0 Å². The minimum absolute atomic E-state index is 0.128. The van der Waals surface area contributed by atoms with E-state index in [9.17, 15) is 24.5 Å². The van der Waals surface area contributed by atoms with Gasteiger partial charge in [-0.2, -0.15) is 0 Å². The van der Waals surface area contributed by atoms with Crippen LogP contribution in [0.15, 0.2) is 42.5 Å². The Morgan fingerprint density at radius 1 is 1.03 bits per heavy atom. The predicted molar refractivity (Wildman–Crippen MR) is 117 cm³/mol. The molecular formula is C22H24N4O6. The smallest absolute Gasteiger partial charge is 0.273 e. The first-order valence-corrected chi connectivity index (χ1v) is 10.2. The number of anilines is 1. The van der Waals surface area contributed by atoms with Crippen LogP contribution in [-0.4, -0.2) is 48.4 Å². The van der Waals surface area contributed by atoms with Gasteiger partial charge in [0.1, 0.15) is 6.10 Å². The van der Waals surface area contributed by atoms with E-state index >= 15 is 0 Å². The highest BCUT2D eigenvalue weighted by Gasteiger charge is 2.22. The molecule has 1 fully saturated rings. The van der Waals surface area contributed by atoms with Gasteiger partial charge in [-0.05, 0) is 50.1 Å². The van der Waals surface area contributed by atoms with Crippen LogP contribution in [0.25, 0.3) is 0 Å². The van der Waals surface area contributed by atoms with Gasteiger partial charge in [0.25, 0.3) is 17.5 Å². The average Bonchev–Trinajstić information content (AvgIpc) is 3.32. The van der Waals surface area contributed by atoms with Crippen LogP contribution in [0.5, 0.6) is 0 Å². The first-order chi connectivity index (χ1) is 15.3. The number of carbonyl (C=O) groups is 3. The summed E-state index contributed by atoms with van der Waals surface area (Å²) in [7, 11) is 0. The molecule has 3 rings (SSSR count). The number of hydrogen-bond acceptors (Lipinski definition) is 6. The lowest BCUT2D eigenvalue weighted by atomic mass is 10.1. The topological polar surface area (TPSA) is 140 Å². The van der Waals surface area contributed by atoms with Gasteiger partial charge in [0, 0.05) is 48.1 Å². The molecule has 1 aliphatic heterocycles. The maximum absolute atomic E-state index is 12.4. The van der Waals surface area contributed by atoms with Crippen LogP contribution in [0.1, 0.15) is 39.1 Å². The molecule has 3 N–H and O–H groups in total. The zero-order chi connectivity index (χ0) is 23.1. The summed E-state index contributed by atoms with van der Waals surface area (Å²) < 4.78 is 5.29. The highest BCUT2D eigenvalue weighted by Crippen LogP contribution is 2.20. The van der Waals surface area contributed by atoms with Crippen molar-refractivity contribution in [3.05, 3.63) is 69.3 Å². The molecule has 0 saturated carbocycles. The van der Waals surface area contributed by atoms with Crippen molar-refractivity contribution < 1.29 is 24.0 Å². The lowest BCUT2D eigenvalue weighted by Crippen LogP contribution is -2.39. The van der Waals surface area contributed by atoms with Gasteiger partial charge in [-0.1, -0.05) is 6.07 Å². The van der Waals surface area contributed by atoms with Gasteiger partial charge in [0.15, 0.2) is 0 Å². The Hall–Kier alpha value is -3.79. The maximum atomic E-state index is 12.4. The van der Waals surface area contributed by atoms with Crippen molar-refractivity contribution in [1.29, 1.82) is 0 Å². The normalized spacial score (nSPS) is 15.1. The quantitative estimate of drug-likeness (QED) is 0.327. The SMILES string of the molecule is Cc1ccc(C(=O)Nc2ccc(C(=O)NCCNC(=O)C3CCCO3)cc2)cc1[N+](=O)[O-]. The summed E-state index contributed by atoms with van der Waals surface area (Å²) >= 11 is 0. The number of ether oxygens (including phenoxy) is 1. The zero-order valence-electron chi connectivity index (χ0n) is 17.6. The zero-order valence-corrected chi connectivity index (χ0v) is 17.6. The molecule has 0 radical (unpaired) electrons. The van der Waals surface area contributed by atoms with Crippen molar-refractivity contribution >= 4 is 29.1 Å². The Morgan fingerprint density at radius 3 is 2.38 bits per heavy atom. The van der Waals surface area contributed by atoms with Crippen LogP contribution in [0.4, 0.5) is 11.4 Å². The third-order valence-corrected chi connectivity index (χ3v) is 5.00. The Kier molecular flexibility index (Phi) is 7.50. The number of hydrogen-bond donors (Lipinski definition) is 3. The number of amides is 3. The Morgan fingerprint density at radius 2 is 1.72 bits per heavy atom. The molecule has 10 nitrogen and oxygen atoms in total. The molecule has 0 bridgehead atoms. The van der Waals surface area contributed by atoms with Gasteiger partial charge in [-0.25, -0.2) is 0 Å². The minimum atomic E-state index is -0.534. The van der Waals surface area contributed by atoms with E-state index in [-0.39, 0.29) is 29.6 Å². The van der Waals surface area contributed by atoms with E-state index in [2.05, 4.69) is 16.0 Å². The van der Waals surface area contributed by atoms with Crippen LogP contribution < -0.4 is 16.0 Å². The van der Waals surface area contributed by atoms with Crippen LogP contribution >= 0.6 is 0 Å². The summed E-state index contributed by atoms with van der Waals surface area (Å²) in [6, 6.07) is 10.5. The van der Waals surface area contributed by atoms with Crippen molar-refractivity contribution in [2.24, 2.45) is 0 Å². The summed E-state index contributed by atoms with van der Waals surface area (Å²) in [5.41, 5.74) is 1.33. The van der Waals surface area contributed by atoms with Crippen molar-refractivity contribution in [2.75, 3.05) is 25.0 Å². The van der Waals surface area contributed by atoms with Crippen LogP contribution in [0, 0.1) is 17.0 Å². The van der Waals surface area contributed by atoms with Gasteiger partial charge in [0.2, 0.25) is 5.91 Å². The van der Waals surface area contributed by atoms with Gasteiger partial charge in [-0.3, -0.25) is 24.5 Å². The highest BCUT2D eigenvalue weighted by molar-refractivity contribution is 6.05. The monoisotopic (exact) mass is 440 g/mol. The maximum Gasteiger partial charge on any atom is 0.273 e. The van der Waals surface area contributed by atoms with Gasteiger partial charge in [0.05, 0.1) is 4.92 Å². The Balaban J connectivity index is 1.48. The molecule has 0 aromatic heterocycles. The molecule has 3 amide bonds. The molecule has 2 aromatic carbocycles. The molecule has 10 heteroatoms. The minimum Gasteiger partial charge on any atom is -0.368 e. The second-order valence-electron chi connectivity index (χ2n) is 7.34. The lowest BCUT2D eigenvalue weighted by molar-refractivity contribution is -0.385. The van der Waals surface area contributed by atoms with Crippen LogP contribution in [0.2, 0.25) is 0 Å². The fraction of sp³-hybridized carbons (Fsp3) is 0.318. The van der Waals surface area contributed by atoms with E-state index < -0.39 is 16.9 Å². The molecule has 1 atom stereocenters. The van der Waals surface area contributed by atoms with Crippen molar-refractivity contribution in [3.8, 4) is 0 Å². The second kappa shape index (κ2) is 10.5. The van der Waals surface area contributed by atoms with Crippen molar-refractivity contribution in [2.45, 2.75) is 25.9 Å². The number of carbonyl (C=O) groups excluding carboxylic acids is 3. The molecule has 1 aliphatic rings. The summed E-state index contributed by atoms with van der Waals surface area (Å²) in [4.78, 5) is 47.0. The summed E-state index contributed by atoms with van der Waals surface area (Å²) in [6.45, 7) is 2.75. The first-order valence-electron chi connectivity index (χ1n) is 10.2. The lowest BCUT2D eigenvalue weighted by Gasteiger charge is -2.11. The molecule has 0 aliphatic carbocycles. The van der Waals surface area contributed by atoms with Gasteiger partial charge >= 0.3 is 0 Å². The molecule has 168 valence electrons. The number of rotatable bonds is 8. The predicted octanol–water partition coefficient (Wildman–Crippen LogP) is 2.18. The molecule has 1 saturated heterocycles. The molecule has 32 heavy (non-hydrogen) atoms. The van der Waals surface area contributed by atoms with Crippen molar-refractivity contribution in [1.82, 2.24) is 10.6 Å². The molecule has 1 unspecified atom stereocenters. The first kappa shape index (κ1) is 22.9. The van der Waals surface area contributed by atoms with Gasteiger partial charge < -0.3 is 20.7 Å². The number of nitrogens with zero attached hydrogens (tertiary/aromatic N) is 1. The molecule has 2 aromatic rings. The fourth-order valence-corrected chi connectivity index (χ4v) is 3.22. The average molecular weight is 440 g/mol. The Labute approximate surface area is 184 Å². The second-order valence-corrected chi connectivity index (χ2v) is 7.34. The third kappa shape index (κ3) is 5.88. The van der Waals surface area contributed by atoms with Crippen LogP contribution in [0.3, 0.4) is 0 Å². The summed E-state index contributed by atoms with van der Waals surface area (Å²) in [5.74, 6) is -0.980. The highest BCUT2D eigenvalue weighted by atomic mass is 16.6. The van der Waals surface area contributed by atoms with E-state index in [0.717, 1.165) is 6.42 Å². The van der Waals surface area contributed by atoms with Crippen molar-refractivity contribution in [3.63, 3.8) is 0 Å². The number of benzene rings is 2. The van der Waals surface area contributed by atoms with E-state index in [1.54, 1.807) is 31.2 Å². The number of aryl methyl sites for hydroxylation is 1. The number of nitro benzene ring substituents is 1. The fourth-order valence-electron chi connectivity index (χ4n) is 3.22. The molecular weight excluding hydrogens is 416 g/mol. The summed E-state index contributed by atoms with van der Waals surface area (Å²) in [5, 5.41) is 19.1. The standard InChI is InChI=1S/C22H24N4O6/c1-14-4-5-16(13-18(14)26(30)31)21(28)25-17-8-6-15(7-9-17)20(27)23-10-11-24-22(29)19-3-2-12-32-19/h4-9,13,19H,2-3,10-12H2,1H3,(H,23,27)(H,24,29)(H,25,28). The third-order valence-electron chi connectivity index (χ3n) is 5.00. The largest absolute Gasteiger partial charge is 0.368 e. The van der Waals surface area contributed by atoms with E-state index in [1.165, 1.54) is 18.2 Å². The van der Waals surface area contributed by atoms with Gasteiger partial charge in [-0.15, -0.1) is 0 Å². The molecule has 1 heterocycles.